The van der Waals surface area contributed by atoms with Gasteiger partial charge in [0.15, 0.2) is 0 Å². The highest BCUT2D eigenvalue weighted by atomic mass is 16.5. The van der Waals surface area contributed by atoms with E-state index in [2.05, 4.69) is 0 Å². The maximum Gasteiger partial charge on any atom is 0.127 e. The van der Waals surface area contributed by atoms with Crippen molar-refractivity contribution < 1.29 is 9.53 Å². The van der Waals surface area contributed by atoms with Crippen molar-refractivity contribution in [2.75, 3.05) is 7.11 Å². The fraction of sp³-hybridized carbons (Fsp3) is 0.364. The van der Waals surface area contributed by atoms with Gasteiger partial charge in [-0.25, -0.2) is 0 Å². The van der Waals surface area contributed by atoms with Crippen LogP contribution in [0.4, 0.5) is 0 Å². The number of fused-ring (bicyclic) bond motifs is 1. The predicted octanol–water partition coefficient (Wildman–Crippen LogP) is 1.92. The third-order valence-corrected chi connectivity index (χ3v) is 2.64. The lowest BCUT2D eigenvalue weighted by Gasteiger charge is -2.05. The average molecular weight is 176 g/mol. The fourth-order valence-corrected chi connectivity index (χ4v) is 1.90. The molecular weight excluding hydrogens is 164 g/mol. The molecule has 2 rings (SSSR count). The maximum atomic E-state index is 10.7. The number of methoxy groups -OCH3 is 1. The topological polar surface area (TPSA) is 26.3 Å². The summed E-state index contributed by atoms with van der Waals surface area (Å²) in [6.45, 7) is 0. The number of carbonyl (C=O) groups is 1. The van der Waals surface area contributed by atoms with E-state index in [9.17, 15) is 4.79 Å². The van der Waals surface area contributed by atoms with Crippen LogP contribution in [-0.2, 0) is 11.2 Å². The molecule has 68 valence electrons. The first-order chi connectivity index (χ1) is 6.35. The Morgan fingerprint density at radius 2 is 2.38 bits per heavy atom. The molecule has 0 bridgehead atoms. The van der Waals surface area contributed by atoms with Crippen LogP contribution >= 0.6 is 0 Å². The molecule has 0 saturated carbocycles. The smallest absolute Gasteiger partial charge is 0.127 e. The number of hydrogen-bond donors (Lipinski definition) is 0. The standard InChI is InChI=1S/C11H12O2/c1-13-10-4-5-11-8(6-10)2-3-9(11)7-12/h4-7,9H,2-3H2,1H3. The van der Waals surface area contributed by atoms with Crippen molar-refractivity contribution in [3.63, 3.8) is 0 Å². The van der Waals surface area contributed by atoms with E-state index >= 15 is 0 Å². The Bertz CT molecular complexity index is 331. The van der Waals surface area contributed by atoms with Crippen LogP contribution in [0.25, 0.3) is 0 Å². The first kappa shape index (κ1) is 8.30. The lowest BCUT2D eigenvalue weighted by atomic mass is 10.0. The molecule has 1 aliphatic carbocycles. The predicted molar refractivity (Wildman–Crippen MR) is 50.1 cm³/mol. The van der Waals surface area contributed by atoms with Gasteiger partial charge in [-0.15, -0.1) is 0 Å². The molecule has 1 aliphatic rings. The fourth-order valence-electron chi connectivity index (χ4n) is 1.90. The van der Waals surface area contributed by atoms with Crippen molar-refractivity contribution in [2.45, 2.75) is 18.8 Å². The van der Waals surface area contributed by atoms with E-state index in [0.29, 0.717) is 0 Å². The molecule has 0 spiro atoms. The summed E-state index contributed by atoms with van der Waals surface area (Å²) in [6, 6.07) is 5.94. The van der Waals surface area contributed by atoms with E-state index in [1.807, 2.05) is 18.2 Å². The van der Waals surface area contributed by atoms with Crippen LogP contribution < -0.4 is 4.74 Å². The van der Waals surface area contributed by atoms with Crippen LogP contribution in [0.15, 0.2) is 18.2 Å². The lowest BCUT2D eigenvalue weighted by Crippen LogP contribution is -1.93. The summed E-state index contributed by atoms with van der Waals surface area (Å²) in [6.07, 6.45) is 2.99. The second kappa shape index (κ2) is 3.21. The molecule has 1 aromatic carbocycles. The van der Waals surface area contributed by atoms with Gasteiger partial charge in [-0.2, -0.15) is 0 Å². The summed E-state index contributed by atoms with van der Waals surface area (Å²) in [7, 11) is 1.66. The molecule has 2 nitrogen and oxygen atoms in total. The number of benzene rings is 1. The van der Waals surface area contributed by atoms with E-state index in [0.717, 1.165) is 24.9 Å². The molecule has 0 radical (unpaired) electrons. The molecule has 0 fully saturated rings. The molecule has 0 amide bonds. The van der Waals surface area contributed by atoms with Crippen molar-refractivity contribution >= 4 is 6.29 Å². The molecule has 0 aromatic heterocycles. The van der Waals surface area contributed by atoms with E-state index < -0.39 is 0 Å². The van der Waals surface area contributed by atoms with Gasteiger partial charge in [0.1, 0.15) is 12.0 Å². The summed E-state index contributed by atoms with van der Waals surface area (Å²) in [5.41, 5.74) is 2.44. The number of carbonyl (C=O) groups excluding carboxylic acids is 1. The second-order valence-electron chi connectivity index (χ2n) is 3.35. The van der Waals surface area contributed by atoms with Gasteiger partial charge in [-0.1, -0.05) is 6.07 Å². The quantitative estimate of drug-likeness (QED) is 0.643. The average Bonchev–Trinajstić information content (AvgIpc) is 2.59. The van der Waals surface area contributed by atoms with Gasteiger partial charge < -0.3 is 9.53 Å². The third kappa shape index (κ3) is 1.32. The van der Waals surface area contributed by atoms with Crippen molar-refractivity contribution in [1.29, 1.82) is 0 Å². The lowest BCUT2D eigenvalue weighted by molar-refractivity contribution is -0.109. The number of aryl methyl sites for hydroxylation is 1. The van der Waals surface area contributed by atoms with Crippen LogP contribution in [0.2, 0.25) is 0 Å². The minimum Gasteiger partial charge on any atom is -0.497 e. The largest absolute Gasteiger partial charge is 0.497 e. The van der Waals surface area contributed by atoms with Crippen molar-refractivity contribution in [1.82, 2.24) is 0 Å². The normalized spacial score (nSPS) is 19.6. The van der Waals surface area contributed by atoms with Gasteiger partial charge in [-0.3, -0.25) is 0 Å². The molecule has 0 saturated heterocycles. The molecule has 1 unspecified atom stereocenters. The highest BCUT2D eigenvalue weighted by molar-refractivity contribution is 5.65. The first-order valence-corrected chi connectivity index (χ1v) is 4.47. The van der Waals surface area contributed by atoms with Crippen molar-refractivity contribution in [3.8, 4) is 5.75 Å². The zero-order valence-electron chi connectivity index (χ0n) is 7.62. The summed E-state index contributed by atoms with van der Waals surface area (Å²) in [5.74, 6) is 0.992. The van der Waals surface area contributed by atoms with Crippen molar-refractivity contribution in [2.24, 2.45) is 0 Å². The van der Waals surface area contributed by atoms with Gasteiger partial charge >= 0.3 is 0 Å². The number of aldehydes is 1. The van der Waals surface area contributed by atoms with E-state index in [-0.39, 0.29) is 5.92 Å². The van der Waals surface area contributed by atoms with Crippen LogP contribution in [0.5, 0.6) is 5.75 Å². The minimum absolute atomic E-state index is 0.112. The van der Waals surface area contributed by atoms with Crippen molar-refractivity contribution in [3.05, 3.63) is 29.3 Å². The van der Waals surface area contributed by atoms with Crippen LogP contribution in [0.3, 0.4) is 0 Å². The SMILES string of the molecule is COc1ccc2c(c1)CCC2C=O. The molecule has 0 heterocycles. The van der Waals surface area contributed by atoms with Crippen LogP contribution in [0, 0.1) is 0 Å². The molecule has 2 heteroatoms. The zero-order valence-corrected chi connectivity index (χ0v) is 7.62. The van der Waals surface area contributed by atoms with Gasteiger partial charge in [0.2, 0.25) is 0 Å². The first-order valence-electron chi connectivity index (χ1n) is 4.47. The molecule has 0 N–H and O–H groups in total. The van der Waals surface area contributed by atoms with Gasteiger partial charge in [0.25, 0.3) is 0 Å². The van der Waals surface area contributed by atoms with E-state index in [1.165, 1.54) is 11.1 Å². The maximum absolute atomic E-state index is 10.7. The Kier molecular flexibility index (Phi) is 2.05. The molecule has 0 aliphatic heterocycles. The molecule has 13 heavy (non-hydrogen) atoms. The highest BCUT2D eigenvalue weighted by Crippen LogP contribution is 2.33. The van der Waals surface area contributed by atoms with Crippen LogP contribution in [-0.4, -0.2) is 13.4 Å². The Morgan fingerprint density at radius 1 is 1.54 bits per heavy atom. The number of rotatable bonds is 2. The van der Waals surface area contributed by atoms with Gasteiger partial charge in [-0.05, 0) is 36.1 Å². The Hall–Kier alpha value is -1.31. The third-order valence-electron chi connectivity index (χ3n) is 2.64. The Morgan fingerprint density at radius 3 is 3.08 bits per heavy atom. The Labute approximate surface area is 77.5 Å². The summed E-state index contributed by atoms with van der Waals surface area (Å²) >= 11 is 0. The summed E-state index contributed by atoms with van der Waals surface area (Å²) < 4.78 is 5.12. The molecule has 1 atom stereocenters. The monoisotopic (exact) mass is 176 g/mol. The second-order valence-corrected chi connectivity index (χ2v) is 3.35. The van der Waals surface area contributed by atoms with Gasteiger partial charge in [0.05, 0.1) is 7.11 Å². The van der Waals surface area contributed by atoms with E-state index in [4.69, 9.17) is 4.74 Å². The molecule has 1 aromatic rings. The molecular formula is C11H12O2. The zero-order chi connectivity index (χ0) is 9.26. The van der Waals surface area contributed by atoms with E-state index in [1.54, 1.807) is 7.11 Å². The summed E-state index contributed by atoms with van der Waals surface area (Å²) in [5, 5.41) is 0. The Balaban J connectivity index is 2.40. The van der Waals surface area contributed by atoms with Crippen LogP contribution in [0.1, 0.15) is 23.5 Å². The minimum atomic E-state index is 0.112. The summed E-state index contributed by atoms with van der Waals surface area (Å²) in [4.78, 5) is 10.7. The number of ether oxygens (including phenoxy) is 1. The number of hydrogen-bond acceptors (Lipinski definition) is 2. The highest BCUT2D eigenvalue weighted by Gasteiger charge is 2.21. The van der Waals surface area contributed by atoms with Gasteiger partial charge in [0, 0.05) is 5.92 Å².